The molecule has 0 atom stereocenters. The molecule has 0 radical (unpaired) electrons. The molecule has 2 N–H and O–H groups in total. The van der Waals surface area contributed by atoms with E-state index in [1.54, 1.807) is 6.07 Å². The zero-order chi connectivity index (χ0) is 15.0. The van der Waals surface area contributed by atoms with Crippen molar-refractivity contribution in [1.82, 2.24) is 0 Å². The van der Waals surface area contributed by atoms with E-state index in [0.717, 1.165) is 36.9 Å². The SMILES string of the molecule is CC(C)(C(=O)Nc1ccc2c(c1)CCCN2)S(C)(=O)=O.Cl. The molecule has 0 spiro atoms. The smallest absolute Gasteiger partial charge is 0.245 e. The largest absolute Gasteiger partial charge is 0.385 e. The fourth-order valence-electron chi connectivity index (χ4n) is 2.00. The van der Waals surface area contributed by atoms with Crippen LogP contribution in [0.4, 0.5) is 11.4 Å². The fourth-order valence-corrected chi connectivity index (χ4v) is 2.39. The van der Waals surface area contributed by atoms with Crippen LogP contribution in [0.1, 0.15) is 25.8 Å². The molecule has 2 rings (SSSR count). The van der Waals surface area contributed by atoms with Gasteiger partial charge in [0, 0.05) is 24.2 Å². The van der Waals surface area contributed by atoms with Crippen molar-refractivity contribution < 1.29 is 13.2 Å². The third-order valence-electron chi connectivity index (χ3n) is 3.78. The van der Waals surface area contributed by atoms with E-state index >= 15 is 0 Å². The Morgan fingerprint density at radius 1 is 1.33 bits per heavy atom. The van der Waals surface area contributed by atoms with Crippen molar-refractivity contribution in [2.24, 2.45) is 0 Å². The zero-order valence-electron chi connectivity index (χ0n) is 12.4. The first kappa shape index (κ1) is 17.8. The molecule has 0 aromatic heterocycles. The number of sulfone groups is 1. The van der Waals surface area contributed by atoms with Crippen molar-refractivity contribution in [3.05, 3.63) is 23.8 Å². The number of fused-ring (bicyclic) bond motifs is 1. The summed E-state index contributed by atoms with van der Waals surface area (Å²) in [7, 11) is -3.46. The number of carbonyl (C=O) groups excluding carboxylic acids is 1. The van der Waals surface area contributed by atoms with Gasteiger partial charge >= 0.3 is 0 Å². The predicted octanol–water partition coefficient (Wildman–Crippen LogP) is 2.23. The van der Waals surface area contributed by atoms with Crippen LogP contribution in [0.15, 0.2) is 18.2 Å². The van der Waals surface area contributed by atoms with Gasteiger partial charge in [0.1, 0.15) is 4.75 Å². The number of hydrogen-bond donors (Lipinski definition) is 2. The maximum absolute atomic E-state index is 12.1. The van der Waals surface area contributed by atoms with Crippen LogP contribution in [0.2, 0.25) is 0 Å². The normalized spacial score (nSPS) is 14.4. The minimum absolute atomic E-state index is 0. The average molecular weight is 333 g/mol. The molecule has 1 aliphatic heterocycles. The summed E-state index contributed by atoms with van der Waals surface area (Å²) >= 11 is 0. The number of nitrogens with one attached hydrogen (secondary N) is 2. The van der Waals surface area contributed by atoms with Crippen LogP contribution in [-0.4, -0.2) is 31.9 Å². The lowest BCUT2D eigenvalue weighted by Crippen LogP contribution is -2.43. The van der Waals surface area contributed by atoms with Gasteiger partial charge in [0.25, 0.3) is 0 Å². The highest BCUT2D eigenvalue weighted by Crippen LogP contribution is 2.26. The quantitative estimate of drug-likeness (QED) is 0.890. The van der Waals surface area contributed by atoms with Gasteiger partial charge in [0.15, 0.2) is 9.84 Å². The van der Waals surface area contributed by atoms with Gasteiger partial charge in [-0.15, -0.1) is 12.4 Å². The average Bonchev–Trinajstić information content (AvgIpc) is 2.37. The Balaban J connectivity index is 0.00000220. The summed E-state index contributed by atoms with van der Waals surface area (Å²) in [5.41, 5.74) is 2.86. The standard InChI is InChI=1S/C14H20N2O3S.ClH/c1-14(2,20(3,18)19)13(17)16-11-6-7-12-10(9-11)5-4-8-15-12;/h6-7,9,15H,4-5,8H2,1-3H3,(H,16,17);1H. The van der Waals surface area contributed by atoms with E-state index in [0.29, 0.717) is 5.69 Å². The highest BCUT2D eigenvalue weighted by Gasteiger charge is 2.38. The van der Waals surface area contributed by atoms with Crippen LogP contribution in [0.3, 0.4) is 0 Å². The first-order valence-electron chi connectivity index (χ1n) is 6.59. The molecule has 1 heterocycles. The summed E-state index contributed by atoms with van der Waals surface area (Å²) in [6, 6.07) is 5.60. The minimum Gasteiger partial charge on any atom is -0.385 e. The number of halogens is 1. The number of anilines is 2. The molecule has 1 aromatic rings. The fraction of sp³-hybridized carbons (Fsp3) is 0.500. The molecule has 21 heavy (non-hydrogen) atoms. The van der Waals surface area contributed by atoms with E-state index in [4.69, 9.17) is 0 Å². The molecule has 1 aromatic carbocycles. The van der Waals surface area contributed by atoms with Crippen LogP contribution in [0.5, 0.6) is 0 Å². The summed E-state index contributed by atoms with van der Waals surface area (Å²) in [4.78, 5) is 12.1. The number of rotatable bonds is 3. The molecule has 1 amide bonds. The van der Waals surface area contributed by atoms with Gasteiger partial charge in [0.05, 0.1) is 0 Å². The first-order valence-corrected chi connectivity index (χ1v) is 8.49. The Morgan fingerprint density at radius 2 is 2.00 bits per heavy atom. The van der Waals surface area contributed by atoms with Gasteiger partial charge in [-0.2, -0.15) is 0 Å². The van der Waals surface area contributed by atoms with Crippen LogP contribution in [-0.2, 0) is 21.1 Å². The van der Waals surface area contributed by atoms with Gasteiger partial charge < -0.3 is 10.6 Å². The molecule has 0 saturated heterocycles. The van der Waals surface area contributed by atoms with E-state index in [9.17, 15) is 13.2 Å². The topological polar surface area (TPSA) is 75.3 Å². The van der Waals surface area contributed by atoms with Crippen LogP contribution < -0.4 is 10.6 Å². The van der Waals surface area contributed by atoms with Gasteiger partial charge in [-0.05, 0) is 50.5 Å². The van der Waals surface area contributed by atoms with Crippen molar-refractivity contribution in [3.8, 4) is 0 Å². The van der Waals surface area contributed by atoms with E-state index in [2.05, 4.69) is 10.6 Å². The van der Waals surface area contributed by atoms with Gasteiger partial charge in [-0.3, -0.25) is 4.79 Å². The van der Waals surface area contributed by atoms with E-state index in [1.165, 1.54) is 13.8 Å². The lowest BCUT2D eigenvalue weighted by atomic mass is 10.0. The lowest BCUT2D eigenvalue weighted by Gasteiger charge is -2.23. The summed E-state index contributed by atoms with van der Waals surface area (Å²) in [5, 5.41) is 5.98. The molecule has 0 saturated carbocycles. The number of amides is 1. The molecule has 0 fully saturated rings. The number of benzene rings is 1. The first-order chi connectivity index (χ1) is 9.22. The summed E-state index contributed by atoms with van der Waals surface area (Å²) in [6.07, 6.45) is 3.09. The second-order valence-corrected chi connectivity index (χ2v) is 8.20. The van der Waals surface area contributed by atoms with Gasteiger partial charge in [0.2, 0.25) is 5.91 Å². The molecule has 0 unspecified atom stereocenters. The zero-order valence-corrected chi connectivity index (χ0v) is 14.0. The molecule has 118 valence electrons. The van der Waals surface area contributed by atoms with E-state index in [-0.39, 0.29) is 12.4 Å². The maximum atomic E-state index is 12.1. The van der Waals surface area contributed by atoms with Crippen LogP contribution >= 0.6 is 12.4 Å². The summed E-state index contributed by atoms with van der Waals surface area (Å²) in [5.74, 6) is -0.510. The molecular weight excluding hydrogens is 312 g/mol. The molecule has 0 bridgehead atoms. The summed E-state index contributed by atoms with van der Waals surface area (Å²) in [6.45, 7) is 3.79. The van der Waals surface area contributed by atoms with Gasteiger partial charge in [-0.25, -0.2) is 8.42 Å². The third-order valence-corrected chi connectivity index (χ3v) is 5.81. The van der Waals surface area contributed by atoms with Crippen molar-refractivity contribution in [2.45, 2.75) is 31.4 Å². The van der Waals surface area contributed by atoms with Gasteiger partial charge in [-0.1, -0.05) is 0 Å². The lowest BCUT2D eigenvalue weighted by molar-refractivity contribution is -0.117. The maximum Gasteiger partial charge on any atom is 0.245 e. The van der Waals surface area contributed by atoms with Crippen LogP contribution in [0.25, 0.3) is 0 Å². The number of carbonyl (C=O) groups is 1. The Bertz CT molecular complexity index is 642. The Morgan fingerprint density at radius 3 is 2.62 bits per heavy atom. The van der Waals surface area contributed by atoms with Crippen molar-refractivity contribution >= 4 is 39.5 Å². The highest BCUT2D eigenvalue weighted by atomic mass is 35.5. The minimum atomic E-state index is -3.46. The Hall–Kier alpha value is -1.27. The second kappa shape index (κ2) is 6.23. The summed E-state index contributed by atoms with van der Waals surface area (Å²) < 4.78 is 21.8. The molecule has 5 nitrogen and oxygen atoms in total. The van der Waals surface area contributed by atoms with Crippen molar-refractivity contribution in [2.75, 3.05) is 23.4 Å². The molecule has 1 aliphatic rings. The molecular formula is C14H21ClN2O3S. The number of aryl methyl sites for hydroxylation is 1. The van der Waals surface area contributed by atoms with E-state index in [1.807, 2.05) is 12.1 Å². The monoisotopic (exact) mass is 332 g/mol. The Labute approximate surface area is 131 Å². The second-order valence-electron chi connectivity index (χ2n) is 5.64. The number of hydrogen-bond acceptors (Lipinski definition) is 4. The van der Waals surface area contributed by atoms with Crippen molar-refractivity contribution in [1.29, 1.82) is 0 Å². The highest BCUT2D eigenvalue weighted by molar-refractivity contribution is 7.92. The third kappa shape index (κ3) is 3.68. The van der Waals surface area contributed by atoms with Crippen LogP contribution in [0, 0.1) is 0 Å². The van der Waals surface area contributed by atoms with E-state index < -0.39 is 20.5 Å². The van der Waals surface area contributed by atoms with Crippen molar-refractivity contribution in [3.63, 3.8) is 0 Å². The predicted molar refractivity (Wildman–Crippen MR) is 88.1 cm³/mol. The Kier molecular flexibility index (Phi) is 5.28. The molecule has 0 aliphatic carbocycles. The molecule has 7 heteroatoms.